The summed E-state index contributed by atoms with van der Waals surface area (Å²) in [5.41, 5.74) is 14.2. The minimum atomic E-state index is -0.651. The van der Waals surface area contributed by atoms with Crippen molar-refractivity contribution in [1.29, 1.82) is 0 Å². The van der Waals surface area contributed by atoms with Crippen molar-refractivity contribution >= 4 is 11.4 Å². The fourth-order valence-electron chi connectivity index (χ4n) is 2.59. The number of hydrogen-bond acceptors (Lipinski definition) is 5. The quantitative estimate of drug-likeness (QED) is 0.557. The van der Waals surface area contributed by atoms with Crippen molar-refractivity contribution in [2.75, 3.05) is 25.1 Å². The summed E-state index contributed by atoms with van der Waals surface area (Å²) in [6, 6.07) is 14.0. The highest BCUT2D eigenvalue weighted by Gasteiger charge is 2.29. The highest BCUT2D eigenvalue weighted by molar-refractivity contribution is 5.67. The maximum atomic E-state index is 9.88. The third kappa shape index (κ3) is 7.49. The molecule has 1 atom stereocenters. The van der Waals surface area contributed by atoms with Crippen LogP contribution in [0.2, 0.25) is 0 Å². The molecule has 2 aromatic carbocycles. The van der Waals surface area contributed by atoms with Crippen LogP contribution in [0.15, 0.2) is 42.5 Å². The predicted octanol–water partition coefficient (Wildman–Crippen LogP) is 3.54. The third-order valence-corrected chi connectivity index (χ3v) is 4.45. The van der Waals surface area contributed by atoms with Gasteiger partial charge in [0.05, 0.1) is 17.5 Å². The number of benzene rings is 2. The van der Waals surface area contributed by atoms with Gasteiger partial charge >= 0.3 is 0 Å². The Morgan fingerprint density at radius 3 is 2.26 bits per heavy atom. The van der Waals surface area contributed by atoms with Gasteiger partial charge in [-0.2, -0.15) is 0 Å². The molecule has 27 heavy (non-hydrogen) atoms. The fraction of sp³-hybridized carbons (Fsp3) is 0.455. The van der Waals surface area contributed by atoms with Crippen molar-refractivity contribution in [2.24, 2.45) is 0 Å². The molecule has 0 amide bonds. The standard InChI is InChI=1S/C13H22N2O2.C9H13N/c1-5-12(16)13(3,4)17-11-7-10(15)9(14)6-8(11)2;1-10-8-7-9-5-3-2-4-6-9/h6-7,12,16H,5,14-15H2,1-4H3;2-6,10H,7-8H2,1H3. The molecule has 0 aliphatic rings. The molecule has 0 saturated carbocycles. The SMILES string of the molecule is CCC(O)C(C)(C)Oc1cc(N)c(N)cc1C.CNCCc1ccccc1. The Kier molecular flexibility index (Phi) is 9.12. The van der Waals surface area contributed by atoms with Gasteiger partial charge in [-0.05, 0) is 64.4 Å². The van der Waals surface area contributed by atoms with Crippen LogP contribution in [-0.4, -0.2) is 30.4 Å². The number of rotatable bonds is 7. The monoisotopic (exact) mass is 373 g/mol. The lowest BCUT2D eigenvalue weighted by Gasteiger charge is -2.31. The summed E-state index contributed by atoms with van der Waals surface area (Å²) in [7, 11) is 1.98. The summed E-state index contributed by atoms with van der Waals surface area (Å²) < 4.78 is 5.84. The van der Waals surface area contributed by atoms with Crippen molar-refractivity contribution < 1.29 is 9.84 Å². The lowest BCUT2D eigenvalue weighted by Crippen LogP contribution is -2.41. The highest BCUT2D eigenvalue weighted by Crippen LogP contribution is 2.30. The normalized spacial score (nSPS) is 12.1. The molecule has 0 aliphatic carbocycles. The molecular formula is C22H35N3O2. The van der Waals surface area contributed by atoms with Crippen LogP contribution in [0.1, 0.15) is 38.3 Å². The molecule has 0 fully saturated rings. The first-order chi connectivity index (χ1) is 12.7. The summed E-state index contributed by atoms with van der Waals surface area (Å²) in [6.45, 7) is 8.59. The zero-order chi connectivity index (χ0) is 20.4. The number of ether oxygens (including phenoxy) is 1. The van der Waals surface area contributed by atoms with Crippen LogP contribution in [0.4, 0.5) is 11.4 Å². The van der Waals surface area contributed by atoms with E-state index in [9.17, 15) is 5.11 Å². The molecule has 0 aromatic heterocycles. The number of nitrogen functional groups attached to an aromatic ring is 2. The maximum Gasteiger partial charge on any atom is 0.129 e. The molecule has 0 spiro atoms. The Morgan fingerprint density at radius 2 is 1.70 bits per heavy atom. The Morgan fingerprint density at radius 1 is 1.11 bits per heavy atom. The zero-order valence-corrected chi connectivity index (χ0v) is 17.3. The minimum absolute atomic E-state index is 0.493. The molecule has 5 nitrogen and oxygen atoms in total. The van der Waals surface area contributed by atoms with E-state index in [0.717, 1.165) is 18.5 Å². The molecule has 0 saturated heterocycles. The van der Waals surface area contributed by atoms with Crippen LogP contribution in [-0.2, 0) is 6.42 Å². The lowest BCUT2D eigenvalue weighted by atomic mass is 9.99. The van der Waals surface area contributed by atoms with Gasteiger partial charge < -0.3 is 26.6 Å². The molecule has 0 aliphatic heterocycles. The highest BCUT2D eigenvalue weighted by atomic mass is 16.5. The molecule has 0 heterocycles. The van der Waals surface area contributed by atoms with E-state index in [4.69, 9.17) is 16.2 Å². The summed E-state index contributed by atoms with van der Waals surface area (Å²) in [4.78, 5) is 0. The molecule has 1 unspecified atom stereocenters. The first-order valence-electron chi connectivity index (χ1n) is 9.42. The lowest BCUT2D eigenvalue weighted by molar-refractivity contribution is -0.0301. The van der Waals surface area contributed by atoms with Gasteiger partial charge in [0.25, 0.3) is 0 Å². The van der Waals surface area contributed by atoms with Crippen molar-refractivity contribution in [3.8, 4) is 5.75 Å². The number of aryl methyl sites for hydroxylation is 1. The molecule has 2 aromatic rings. The number of nitrogens with one attached hydrogen (secondary N) is 1. The van der Waals surface area contributed by atoms with Gasteiger partial charge in [0.15, 0.2) is 0 Å². The van der Waals surface area contributed by atoms with E-state index in [2.05, 4.69) is 29.6 Å². The molecule has 6 N–H and O–H groups in total. The van der Waals surface area contributed by atoms with E-state index in [1.165, 1.54) is 5.56 Å². The summed E-state index contributed by atoms with van der Waals surface area (Å²) >= 11 is 0. The molecule has 150 valence electrons. The maximum absolute atomic E-state index is 9.88. The first kappa shape index (κ1) is 22.8. The zero-order valence-electron chi connectivity index (χ0n) is 17.3. The van der Waals surface area contributed by atoms with Gasteiger partial charge in [0, 0.05) is 6.07 Å². The molecule has 0 radical (unpaired) electrons. The molecule has 5 heteroatoms. The van der Waals surface area contributed by atoms with Crippen LogP contribution in [0.5, 0.6) is 5.75 Å². The topological polar surface area (TPSA) is 93.5 Å². The van der Waals surface area contributed by atoms with Crippen LogP contribution in [0, 0.1) is 6.92 Å². The van der Waals surface area contributed by atoms with Crippen molar-refractivity contribution in [2.45, 2.75) is 52.2 Å². The first-order valence-corrected chi connectivity index (χ1v) is 9.42. The Balaban J connectivity index is 0.000000309. The Labute approximate surface area is 163 Å². The third-order valence-electron chi connectivity index (χ3n) is 4.45. The number of anilines is 2. The smallest absolute Gasteiger partial charge is 0.129 e. The van der Waals surface area contributed by atoms with Gasteiger partial charge in [-0.3, -0.25) is 0 Å². The minimum Gasteiger partial charge on any atom is -0.485 e. The second kappa shape index (κ2) is 10.8. The van der Waals surface area contributed by atoms with Gasteiger partial charge in [-0.1, -0.05) is 37.3 Å². The number of hydrogen-bond donors (Lipinski definition) is 4. The number of aliphatic hydroxyl groups excluding tert-OH is 1. The van der Waals surface area contributed by atoms with Crippen LogP contribution >= 0.6 is 0 Å². The van der Waals surface area contributed by atoms with Crippen molar-refractivity contribution in [3.63, 3.8) is 0 Å². The van der Waals surface area contributed by atoms with E-state index in [1.807, 2.05) is 40.8 Å². The molecule has 0 bridgehead atoms. The van der Waals surface area contributed by atoms with Crippen LogP contribution in [0.25, 0.3) is 0 Å². The van der Waals surface area contributed by atoms with E-state index >= 15 is 0 Å². The largest absolute Gasteiger partial charge is 0.485 e. The Bertz CT molecular complexity index is 687. The van der Waals surface area contributed by atoms with Crippen LogP contribution in [0.3, 0.4) is 0 Å². The van der Waals surface area contributed by atoms with Gasteiger partial charge in [0.2, 0.25) is 0 Å². The average Bonchev–Trinajstić information content (AvgIpc) is 2.65. The molecule has 2 rings (SSSR count). The fourth-order valence-corrected chi connectivity index (χ4v) is 2.59. The second-order valence-electron chi connectivity index (χ2n) is 7.22. The van der Waals surface area contributed by atoms with Crippen molar-refractivity contribution in [1.82, 2.24) is 5.32 Å². The summed E-state index contributed by atoms with van der Waals surface area (Å²) in [5.74, 6) is 0.661. The summed E-state index contributed by atoms with van der Waals surface area (Å²) in [6.07, 6.45) is 1.23. The van der Waals surface area contributed by atoms with Crippen molar-refractivity contribution in [3.05, 3.63) is 53.6 Å². The number of likely N-dealkylation sites (N-methyl/N-ethyl adjacent to an activating group) is 1. The van der Waals surface area contributed by atoms with E-state index in [0.29, 0.717) is 23.5 Å². The average molecular weight is 374 g/mol. The van der Waals surface area contributed by atoms with E-state index in [1.54, 1.807) is 12.1 Å². The molecular weight excluding hydrogens is 338 g/mol. The second-order valence-corrected chi connectivity index (χ2v) is 7.22. The predicted molar refractivity (Wildman–Crippen MR) is 115 cm³/mol. The summed E-state index contributed by atoms with van der Waals surface area (Å²) in [5, 5.41) is 13.0. The van der Waals surface area contributed by atoms with E-state index < -0.39 is 11.7 Å². The number of nitrogens with two attached hydrogens (primary N) is 2. The Hall–Kier alpha value is -2.24. The van der Waals surface area contributed by atoms with Gasteiger partial charge in [-0.15, -0.1) is 0 Å². The van der Waals surface area contributed by atoms with Gasteiger partial charge in [-0.25, -0.2) is 0 Å². The number of aliphatic hydroxyl groups is 1. The van der Waals surface area contributed by atoms with Gasteiger partial charge in [0.1, 0.15) is 11.4 Å². The van der Waals surface area contributed by atoms with E-state index in [-0.39, 0.29) is 0 Å². The van der Waals surface area contributed by atoms with Crippen LogP contribution < -0.4 is 21.5 Å².